The summed E-state index contributed by atoms with van der Waals surface area (Å²) in [6.07, 6.45) is 1.18. The van der Waals surface area contributed by atoms with Crippen LogP contribution in [0.15, 0.2) is 54.6 Å². The molecule has 0 amide bonds. The van der Waals surface area contributed by atoms with Crippen LogP contribution in [0.3, 0.4) is 0 Å². The predicted molar refractivity (Wildman–Crippen MR) is 94.2 cm³/mol. The van der Waals surface area contributed by atoms with E-state index in [4.69, 9.17) is 16.3 Å². The van der Waals surface area contributed by atoms with Gasteiger partial charge in [0.2, 0.25) is 0 Å². The smallest absolute Gasteiger partial charge is 0.549 e. The number of hydrogen-bond acceptors (Lipinski definition) is 3. The molecule has 128 valence electrons. The van der Waals surface area contributed by atoms with Crippen LogP contribution < -0.4 is 39.4 Å². The van der Waals surface area contributed by atoms with Crippen molar-refractivity contribution in [3.05, 3.63) is 65.7 Å². The summed E-state index contributed by atoms with van der Waals surface area (Å²) in [5.41, 5.74) is 2.14. The van der Waals surface area contributed by atoms with E-state index in [1.54, 1.807) is 0 Å². The number of carboxylic acid groups (broad SMARTS) is 1. The molecule has 1 atom stereocenters. The molecule has 0 fully saturated rings. The van der Waals surface area contributed by atoms with Gasteiger partial charge in [0.1, 0.15) is 5.75 Å². The quantitative estimate of drug-likeness (QED) is 0.495. The molecular weight excluding hydrogens is 347 g/mol. The molecule has 0 heterocycles. The molecule has 0 radical (unpaired) electrons. The van der Waals surface area contributed by atoms with Crippen LogP contribution in [-0.4, -0.2) is 18.0 Å². The first-order chi connectivity index (χ1) is 11.4. The number of ether oxygens (including phenoxy) is 1. The number of aliphatic carboxylic acids is 1. The van der Waals surface area contributed by atoms with Crippen molar-refractivity contribution in [1.82, 2.24) is 0 Å². The summed E-state index contributed by atoms with van der Waals surface area (Å²) in [4.78, 5) is 10.7. The van der Waals surface area contributed by atoms with Crippen LogP contribution in [0.5, 0.6) is 5.75 Å². The summed E-state index contributed by atoms with van der Waals surface area (Å²) < 4.78 is 5.89. The average Bonchev–Trinajstić information content (AvgIpc) is 2.54. The second kappa shape index (κ2) is 10.2. The van der Waals surface area contributed by atoms with Crippen molar-refractivity contribution < 1.29 is 44.2 Å². The van der Waals surface area contributed by atoms with Crippen LogP contribution in [-0.2, 0) is 17.6 Å². The van der Waals surface area contributed by atoms with E-state index in [0.29, 0.717) is 6.61 Å². The van der Waals surface area contributed by atoms with Gasteiger partial charge in [-0.3, -0.25) is 0 Å². The summed E-state index contributed by atoms with van der Waals surface area (Å²) in [6, 6.07) is 17.7. The van der Waals surface area contributed by atoms with Crippen molar-refractivity contribution in [3.8, 4) is 5.75 Å². The van der Waals surface area contributed by atoms with Gasteiger partial charge in [0, 0.05) is 5.41 Å². The second-order valence-electron chi connectivity index (χ2n) is 6.75. The average molecular weight is 369 g/mol. The molecule has 1 unspecified atom stereocenters. The van der Waals surface area contributed by atoms with Crippen LogP contribution in [0.2, 0.25) is 0 Å². The number of benzene rings is 2. The molecule has 2 rings (SSSR count). The third-order valence-corrected chi connectivity index (χ3v) is 4.08. The first kappa shape index (κ1) is 22.0. The maximum absolute atomic E-state index is 10.7. The SMILES string of the molecule is CC(C)(COc1ccc(CC(Cl)C(=O)[O-])cc1)Cc1ccccc1.[Na+]. The van der Waals surface area contributed by atoms with E-state index < -0.39 is 11.3 Å². The molecule has 5 heteroatoms. The zero-order valence-corrected chi connectivity index (χ0v) is 17.8. The fourth-order valence-corrected chi connectivity index (χ4v) is 2.67. The number of hydrogen-bond donors (Lipinski definition) is 0. The van der Waals surface area contributed by atoms with Crippen LogP contribution in [0, 0.1) is 5.41 Å². The van der Waals surface area contributed by atoms with Gasteiger partial charge in [0.25, 0.3) is 0 Å². The van der Waals surface area contributed by atoms with Crippen molar-refractivity contribution in [1.29, 1.82) is 0 Å². The second-order valence-corrected chi connectivity index (χ2v) is 7.28. The first-order valence-electron chi connectivity index (χ1n) is 7.96. The summed E-state index contributed by atoms with van der Waals surface area (Å²) >= 11 is 5.69. The Bertz CT molecular complexity index is 656. The van der Waals surface area contributed by atoms with Gasteiger partial charge < -0.3 is 14.6 Å². The number of rotatable bonds is 8. The number of halogens is 1. The number of alkyl halides is 1. The Morgan fingerprint density at radius 2 is 1.68 bits per heavy atom. The van der Waals surface area contributed by atoms with Crippen LogP contribution in [0.4, 0.5) is 0 Å². The Balaban J connectivity index is 0.00000312. The van der Waals surface area contributed by atoms with Gasteiger partial charge >= 0.3 is 29.6 Å². The van der Waals surface area contributed by atoms with Crippen molar-refractivity contribution in [2.24, 2.45) is 5.41 Å². The summed E-state index contributed by atoms with van der Waals surface area (Å²) in [5, 5.41) is 9.65. The van der Waals surface area contributed by atoms with Gasteiger partial charge in [-0.2, -0.15) is 0 Å². The van der Waals surface area contributed by atoms with Gasteiger partial charge in [-0.15, -0.1) is 11.6 Å². The molecule has 0 N–H and O–H groups in total. The summed E-state index contributed by atoms with van der Waals surface area (Å²) in [7, 11) is 0. The molecule has 0 bridgehead atoms. The third kappa shape index (κ3) is 7.83. The van der Waals surface area contributed by atoms with E-state index in [0.717, 1.165) is 17.7 Å². The fraction of sp³-hybridized carbons (Fsp3) is 0.350. The van der Waals surface area contributed by atoms with Gasteiger partial charge in [-0.25, -0.2) is 0 Å². The topological polar surface area (TPSA) is 49.4 Å². The summed E-state index contributed by atoms with van der Waals surface area (Å²) in [6.45, 7) is 4.94. The predicted octanol–water partition coefficient (Wildman–Crippen LogP) is 0.238. The first-order valence-corrected chi connectivity index (χ1v) is 8.40. The third-order valence-electron chi connectivity index (χ3n) is 3.75. The van der Waals surface area contributed by atoms with Crippen LogP contribution in [0.25, 0.3) is 0 Å². The van der Waals surface area contributed by atoms with E-state index in [-0.39, 0.29) is 41.4 Å². The van der Waals surface area contributed by atoms with Crippen molar-refractivity contribution in [3.63, 3.8) is 0 Å². The Morgan fingerprint density at radius 3 is 2.24 bits per heavy atom. The largest absolute Gasteiger partial charge is 1.00 e. The molecule has 0 saturated heterocycles. The molecular formula is C20H22ClNaO3. The number of carbonyl (C=O) groups is 1. The van der Waals surface area contributed by atoms with Crippen LogP contribution >= 0.6 is 11.6 Å². The van der Waals surface area contributed by atoms with Crippen LogP contribution in [0.1, 0.15) is 25.0 Å². The van der Waals surface area contributed by atoms with Gasteiger partial charge in [-0.05, 0) is 36.1 Å². The van der Waals surface area contributed by atoms with E-state index >= 15 is 0 Å². The zero-order valence-electron chi connectivity index (χ0n) is 15.0. The minimum Gasteiger partial charge on any atom is -0.549 e. The normalized spacial score (nSPS) is 12.1. The molecule has 2 aromatic rings. The van der Waals surface area contributed by atoms with Gasteiger partial charge in [0.05, 0.1) is 18.0 Å². The zero-order chi connectivity index (χ0) is 17.6. The van der Waals surface area contributed by atoms with E-state index in [9.17, 15) is 9.90 Å². The monoisotopic (exact) mass is 368 g/mol. The molecule has 3 nitrogen and oxygen atoms in total. The minimum absolute atomic E-state index is 0. The maximum atomic E-state index is 10.7. The fourth-order valence-electron chi connectivity index (χ4n) is 2.49. The van der Waals surface area contributed by atoms with Crippen molar-refractivity contribution in [2.45, 2.75) is 32.1 Å². The maximum Gasteiger partial charge on any atom is 1.00 e. The van der Waals surface area contributed by atoms with Crippen molar-refractivity contribution in [2.75, 3.05) is 6.61 Å². The molecule has 0 aromatic heterocycles. The number of carbonyl (C=O) groups excluding carboxylic acids is 1. The Kier molecular flexibility index (Phi) is 9.01. The molecule has 2 aromatic carbocycles. The van der Waals surface area contributed by atoms with E-state index in [2.05, 4.69) is 26.0 Å². The summed E-state index contributed by atoms with van der Waals surface area (Å²) in [5.74, 6) is -0.487. The molecule has 0 spiro atoms. The Labute approximate surface area is 176 Å². The number of carboxylic acids is 1. The molecule has 0 aliphatic carbocycles. The van der Waals surface area contributed by atoms with E-state index in [1.807, 2.05) is 42.5 Å². The standard InChI is InChI=1S/C20H23ClO3.Na/c1-20(2,13-16-6-4-3-5-7-16)14-24-17-10-8-15(9-11-17)12-18(21)19(22)23;/h3-11,18H,12-14H2,1-2H3,(H,22,23);/q;+1/p-1. The Hall–Kier alpha value is -1.000. The van der Waals surface area contributed by atoms with Gasteiger partial charge in [-0.1, -0.05) is 56.3 Å². The molecule has 0 aliphatic rings. The molecule has 25 heavy (non-hydrogen) atoms. The molecule has 0 saturated carbocycles. The minimum atomic E-state index is -1.25. The van der Waals surface area contributed by atoms with Gasteiger partial charge in [0.15, 0.2) is 0 Å². The Morgan fingerprint density at radius 1 is 1.08 bits per heavy atom. The van der Waals surface area contributed by atoms with E-state index in [1.165, 1.54) is 5.56 Å². The molecule has 0 aliphatic heterocycles. The van der Waals surface area contributed by atoms with Crippen molar-refractivity contribution >= 4 is 17.6 Å².